The lowest BCUT2D eigenvalue weighted by Gasteiger charge is -2.09. The van der Waals surface area contributed by atoms with Gasteiger partial charge < -0.3 is 9.15 Å². The van der Waals surface area contributed by atoms with E-state index in [1.54, 1.807) is 28.9 Å². The summed E-state index contributed by atoms with van der Waals surface area (Å²) in [4.78, 5) is -0.0341. The molecule has 4 rings (SSSR count). The normalized spacial score (nSPS) is 11.7. The Balaban J connectivity index is 1.69. The van der Waals surface area contributed by atoms with E-state index in [0.717, 1.165) is 18.6 Å². The average molecular weight is 532 g/mol. The number of ether oxygens (including phenoxy) is 1. The zero-order valence-electron chi connectivity index (χ0n) is 19.8. The molecule has 0 aliphatic carbocycles. The largest absolute Gasteiger partial charge is 0.494 e. The Morgan fingerprint density at radius 1 is 1.08 bits per heavy atom. The van der Waals surface area contributed by atoms with Crippen molar-refractivity contribution in [3.8, 4) is 34.3 Å². The Hall–Kier alpha value is -3.22. The topological polar surface area (TPSA) is 126 Å². The number of aromatic nitrogens is 4. The van der Waals surface area contributed by atoms with Gasteiger partial charge in [-0.25, -0.2) is 22.6 Å². The summed E-state index contributed by atoms with van der Waals surface area (Å²) in [5.74, 6) is 0.678. The molecule has 0 unspecified atom stereocenters. The Kier molecular flexibility index (Phi) is 8.07. The number of thioether (sulfide) groups is 1. The van der Waals surface area contributed by atoms with Gasteiger partial charge in [0, 0.05) is 11.3 Å². The van der Waals surface area contributed by atoms with Crippen LogP contribution in [0.2, 0.25) is 0 Å². The maximum absolute atomic E-state index is 14.5. The third-order valence-corrected chi connectivity index (χ3v) is 7.25. The number of nitrogens with zero attached hydrogens (tertiary/aromatic N) is 4. The number of hydrogen-bond donors (Lipinski definition) is 1. The highest BCUT2D eigenvalue weighted by Gasteiger charge is 2.19. The molecular formula is C24H26FN5O4S2. The van der Waals surface area contributed by atoms with Crippen LogP contribution in [-0.4, -0.2) is 41.3 Å². The summed E-state index contributed by atoms with van der Waals surface area (Å²) in [7, 11) is -2.46. The van der Waals surface area contributed by atoms with Crippen LogP contribution in [0.15, 0.2) is 63.1 Å². The minimum Gasteiger partial charge on any atom is -0.494 e. The van der Waals surface area contributed by atoms with E-state index in [1.165, 1.54) is 56.0 Å². The average Bonchev–Trinajstić information content (AvgIpc) is 3.51. The third-order valence-electron chi connectivity index (χ3n) is 5.42. The van der Waals surface area contributed by atoms with Crippen LogP contribution in [0.25, 0.3) is 28.5 Å². The van der Waals surface area contributed by atoms with Crippen molar-refractivity contribution >= 4 is 21.8 Å². The minimum absolute atomic E-state index is 0.0341. The second kappa shape index (κ2) is 11.2. The number of halogens is 1. The molecule has 0 saturated carbocycles. The maximum atomic E-state index is 14.5. The van der Waals surface area contributed by atoms with Crippen LogP contribution in [0.4, 0.5) is 4.39 Å². The lowest BCUT2D eigenvalue weighted by atomic mass is 10.1. The molecule has 0 aliphatic heterocycles. The SMILES string of the molecule is CCCCCCSc1nnc(-c2cc(-c3ccc(OC)c(F)c3)n(-c3ccc(S(N)(=O)=O)cc3)n2)o1. The molecule has 0 bridgehead atoms. The molecular weight excluding hydrogens is 505 g/mol. The Bertz CT molecular complexity index is 1440. The first-order valence-corrected chi connectivity index (χ1v) is 13.9. The van der Waals surface area contributed by atoms with Gasteiger partial charge in [0.05, 0.1) is 23.4 Å². The fourth-order valence-electron chi connectivity index (χ4n) is 3.55. The van der Waals surface area contributed by atoms with Gasteiger partial charge in [-0.3, -0.25) is 0 Å². The lowest BCUT2D eigenvalue weighted by Crippen LogP contribution is -2.12. The Morgan fingerprint density at radius 2 is 1.86 bits per heavy atom. The molecule has 0 atom stereocenters. The van der Waals surface area contributed by atoms with Crippen LogP contribution in [-0.2, 0) is 10.0 Å². The summed E-state index contributed by atoms with van der Waals surface area (Å²) in [5, 5.41) is 18.5. The number of hydrogen-bond acceptors (Lipinski definition) is 8. The van der Waals surface area contributed by atoms with Crippen molar-refractivity contribution in [1.29, 1.82) is 0 Å². The summed E-state index contributed by atoms with van der Waals surface area (Å²) < 4.78 is 50.2. The van der Waals surface area contributed by atoms with Crippen LogP contribution < -0.4 is 9.88 Å². The molecule has 2 aromatic heterocycles. The molecule has 12 heteroatoms. The molecule has 9 nitrogen and oxygen atoms in total. The van der Waals surface area contributed by atoms with Gasteiger partial charge in [-0.05, 0) is 55.0 Å². The molecule has 0 aliphatic rings. The van der Waals surface area contributed by atoms with Crippen LogP contribution >= 0.6 is 11.8 Å². The number of nitrogens with two attached hydrogens (primary N) is 1. The van der Waals surface area contributed by atoms with Gasteiger partial charge in [0.1, 0.15) is 0 Å². The second-order valence-corrected chi connectivity index (χ2v) is 10.6. The summed E-state index contributed by atoms with van der Waals surface area (Å²) >= 11 is 1.49. The maximum Gasteiger partial charge on any atom is 0.276 e. The monoisotopic (exact) mass is 531 g/mol. The number of primary sulfonamides is 1. The molecule has 0 spiro atoms. The summed E-state index contributed by atoms with van der Waals surface area (Å²) in [6.07, 6.45) is 4.58. The molecule has 190 valence electrons. The van der Waals surface area contributed by atoms with Crippen LogP contribution in [0.5, 0.6) is 5.75 Å². The first-order valence-electron chi connectivity index (χ1n) is 11.3. The van der Waals surface area contributed by atoms with Crippen molar-refractivity contribution in [1.82, 2.24) is 20.0 Å². The molecule has 36 heavy (non-hydrogen) atoms. The highest BCUT2D eigenvalue weighted by molar-refractivity contribution is 7.99. The van der Waals surface area contributed by atoms with Gasteiger partial charge in [0.15, 0.2) is 17.3 Å². The molecule has 4 aromatic rings. The van der Waals surface area contributed by atoms with E-state index in [1.807, 2.05) is 0 Å². The van der Waals surface area contributed by atoms with Crippen molar-refractivity contribution < 1.29 is 22.0 Å². The third kappa shape index (κ3) is 5.94. The van der Waals surface area contributed by atoms with E-state index in [-0.39, 0.29) is 16.5 Å². The molecule has 0 saturated heterocycles. The fraction of sp³-hybridized carbons (Fsp3) is 0.292. The van der Waals surface area contributed by atoms with Crippen LogP contribution in [0.1, 0.15) is 32.6 Å². The van der Waals surface area contributed by atoms with E-state index < -0.39 is 15.8 Å². The van der Waals surface area contributed by atoms with Crippen LogP contribution in [0, 0.1) is 5.82 Å². The molecule has 2 heterocycles. The summed E-state index contributed by atoms with van der Waals surface area (Å²) in [5.41, 5.74) is 1.97. The van der Waals surface area contributed by atoms with Gasteiger partial charge in [-0.15, -0.1) is 10.2 Å². The predicted octanol–water partition coefficient (Wildman–Crippen LogP) is 5.06. The first-order chi connectivity index (χ1) is 17.3. The standard InChI is InChI=1S/C24H26FN5O4S2/c1-3-4-5-6-13-35-24-28-27-23(34-24)20-15-21(16-7-12-22(33-2)19(25)14-16)30(29-20)17-8-10-18(11-9-17)36(26,31)32/h7-12,14-15H,3-6,13H2,1-2H3,(H2,26,31,32). The summed E-state index contributed by atoms with van der Waals surface area (Å²) in [6.45, 7) is 2.17. The van der Waals surface area contributed by atoms with E-state index in [2.05, 4.69) is 22.2 Å². The second-order valence-electron chi connectivity index (χ2n) is 8.00. The Labute approximate surface area is 212 Å². The minimum atomic E-state index is -3.85. The highest BCUT2D eigenvalue weighted by Crippen LogP contribution is 2.32. The zero-order chi connectivity index (χ0) is 25.7. The highest BCUT2D eigenvalue weighted by atomic mass is 32.2. The van der Waals surface area contributed by atoms with Crippen molar-refractivity contribution in [2.24, 2.45) is 5.14 Å². The van der Waals surface area contributed by atoms with Gasteiger partial charge in [-0.1, -0.05) is 37.9 Å². The number of benzene rings is 2. The first kappa shape index (κ1) is 25.9. The Morgan fingerprint density at radius 3 is 2.53 bits per heavy atom. The van der Waals surface area contributed by atoms with Gasteiger partial charge >= 0.3 is 0 Å². The van der Waals surface area contributed by atoms with E-state index >= 15 is 0 Å². The molecule has 0 fully saturated rings. The number of methoxy groups -OCH3 is 1. The van der Waals surface area contributed by atoms with Crippen molar-refractivity contribution in [3.63, 3.8) is 0 Å². The number of unbranched alkanes of at least 4 members (excludes halogenated alkanes) is 3. The predicted molar refractivity (Wildman–Crippen MR) is 135 cm³/mol. The zero-order valence-corrected chi connectivity index (χ0v) is 21.5. The molecule has 2 aromatic carbocycles. The number of sulfonamides is 1. The van der Waals surface area contributed by atoms with E-state index in [4.69, 9.17) is 14.3 Å². The molecule has 2 N–H and O–H groups in total. The van der Waals surface area contributed by atoms with Gasteiger partial charge in [0.25, 0.3) is 11.1 Å². The molecule has 0 amide bonds. The van der Waals surface area contributed by atoms with Crippen molar-refractivity contribution in [2.75, 3.05) is 12.9 Å². The van der Waals surface area contributed by atoms with E-state index in [9.17, 15) is 12.8 Å². The van der Waals surface area contributed by atoms with Crippen molar-refractivity contribution in [2.45, 2.75) is 42.7 Å². The van der Waals surface area contributed by atoms with Gasteiger partial charge in [-0.2, -0.15) is 5.10 Å². The fourth-order valence-corrected chi connectivity index (χ4v) is 4.83. The van der Waals surface area contributed by atoms with Crippen molar-refractivity contribution in [3.05, 3.63) is 54.3 Å². The lowest BCUT2D eigenvalue weighted by molar-refractivity contribution is 0.386. The summed E-state index contributed by atoms with van der Waals surface area (Å²) in [6, 6.07) is 12.1. The molecule has 0 radical (unpaired) electrons. The number of rotatable bonds is 11. The van der Waals surface area contributed by atoms with Crippen LogP contribution in [0.3, 0.4) is 0 Å². The quantitative estimate of drug-likeness (QED) is 0.210. The van der Waals surface area contributed by atoms with Gasteiger partial charge in [0.2, 0.25) is 10.0 Å². The smallest absolute Gasteiger partial charge is 0.276 e. The van der Waals surface area contributed by atoms with E-state index in [0.29, 0.717) is 27.9 Å².